The van der Waals surface area contributed by atoms with E-state index in [4.69, 9.17) is 4.98 Å². The molecule has 2 atom stereocenters. The van der Waals surface area contributed by atoms with Gasteiger partial charge in [0.25, 0.3) is 5.91 Å². The van der Waals surface area contributed by atoms with E-state index in [1.807, 2.05) is 48.5 Å². The highest BCUT2D eigenvalue weighted by Gasteiger charge is 2.39. The standard InChI is InChI=1S/C22H17N7O/c30-21-17-18(13-5-9-23-10-6-13)29-16-4-2-1-3-15(16)25-22(29)28-20(17)26-19(27-21)14-7-11-24-12-8-14/h1-12,18-19,26H,(H,25,28)(H,27,30). The lowest BCUT2D eigenvalue weighted by molar-refractivity contribution is -0.119. The molecule has 1 amide bonds. The molecule has 2 aliphatic rings. The Hall–Kier alpha value is -4.20. The summed E-state index contributed by atoms with van der Waals surface area (Å²) < 4.78 is 2.07. The summed E-state index contributed by atoms with van der Waals surface area (Å²) in [6.07, 6.45) is 6.54. The van der Waals surface area contributed by atoms with Crippen LogP contribution in [0.15, 0.2) is 84.7 Å². The number of carbonyl (C=O) groups is 1. The average molecular weight is 395 g/mol. The van der Waals surface area contributed by atoms with Crippen molar-refractivity contribution >= 4 is 22.9 Å². The van der Waals surface area contributed by atoms with E-state index in [1.165, 1.54) is 0 Å². The molecule has 30 heavy (non-hydrogen) atoms. The number of aromatic nitrogens is 4. The first-order valence-electron chi connectivity index (χ1n) is 9.65. The number of amides is 1. The fourth-order valence-electron chi connectivity index (χ4n) is 4.16. The van der Waals surface area contributed by atoms with Gasteiger partial charge < -0.3 is 16.0 Å². The minimum absolute atomic E-state index is 0.136. The predicted molar refractivity (Wildman–Crippen MR) is 111 cm³/mol. The summed E-state index contributed by atoms with van der Waals surface area (Å²) >= 11 is 0. The predicted octanol–water partition coefficient (Wildman–Crippen LogP) is 2.47. The summed E-state index contributed by atoms with van der Waals surface area (Å²) in [4.78, 5) is 26.3. The van der Waals surface area contributed by atoms with Gasteiger partial charge in [0.05, 0.1) is 22.6 Å². The Kier molecular flexibility index (Phi) is 3.58. The topological polar surface area (TPSA) is 96.8 Å². The van der Waals surface area contributed by atoms with Gasteiger partial charge in [0.1, 0.15) is 12.0 Å². The van der Waals surface area contributed by atoms with Crippen LogP contribution in [0.4, 0.5) is 5.95 Å². The SMILES string of the molecule is O=C1NC(c2ccncc2)NC2=C1C(c1ccncc1)n1c(nc3ccccc31)N2. The van der Waals surface area contributed by atoms with Crippen LogP contribution >= 0.6 is 0 Å². The zero-order valence-corrected chi connectivity index (χ0v) is 15.8. The van der Waals surface area contributed by atoms with Crippen molar-refractivity contribution in [1.82, 2.24) is 30.2 Å². The molecule has 0 saturated carbocycles. The molecule has 0 saturated heterocycles. The molecular weight excluding hydrogens is 378 g/mol. The van der Waals surface area contributed by atoms with Crippen LogP contribution in [0.25, 0.3) is 11.0 Å². The number of hydrogen-bond donors (Lipinski definition) is 3. The van der Waals surface area contributed by atoms with Gasteiger partial charge in [-0.25, -0.2) is 4.98 Å². The molecule has 1 aromatic carbocycles. The average Bonchev–Trinajstić information content (AvgIpc) is 3.17. The van der Waals surface area contributed by atoms with Crippen LogP contribution in [0.5, 0.6) is 0 Å². The van der Waals surface area contributed by atoms with Gasteiger partial charge in [-0.2, -0.15) is 0 Å². The maximum absolute atomic E-state index is 13.3. The highest BCUT2D eigenvalue weighted by Crippen LogP contribution is 2.40. The monoisotopic (exact) mass is 395 g/mol. The van der Waals surface area contributed by atoms with E-state index in [1.54, 1.807) is 24.8 Å². The van der Waals surface area contributed by atoms with Crippen LogP contribution in [0.2, 0.25) is 0 Å². The number of anilines is 1. The van der Waals surface area contributed by atoms with Gasteiger partial charge in [-0.15, -0.1) is 0 Å². The lowest BCUT2D eigenvalue weighted by Crippen LogP contribution is -2.49. The second kappa shape index (κ2) is 6.41. The number of hydrogen-bond acceptors (Lipinski definition) is 6. The van der Waals surface area contributed by atoms with Crippen LogP contribution < -0.4 is 16.0 Å². The Morgan fingerprint density at radius 1 is 0.833 bits per heavy atom. The molecule has 5 heterocycles. The third-order valence-electron chi connectivity index (χ3n) is 5.50. The number of rotatable bonds is 2. The third kappa shape index (κ3) is 2.47. The number of carbonyl (C=O) groups excluding carboxylic acids is 1. The molecule has 8 nitrogen and oxygen atoms in total. The molecule has 4 aromatic rings. The number of pyridine rings is 2. The Labute approximate surface area is 171 Å². The van der Waals surface area contributed by atoms with Gasteiger partial charge in [0, 0.05) is 24.8 Å². The summed E-state index contributed by atoms with van der Waals surface area (Å²) in [6, 6.07) is 15.2. The van der Waals surface area contributed by atoms with Crippen LogP contribution in [0.1, 0.15) is 23.3 Å². The zero-order valence-electron chi connectivity index (χ0n) is 15.8. The Bertz CT molecular complexity index is 1300. The van der Waals surface area contributed by atoms with Crippen molar-refractivity contribution in [2.24, 2.45) is 0 Å². The van der Waals surface area contributed by atoms with Crippen molar-refractivity contribution in [3.63, 3.8) is 0 Å². The molecule has 8 heteroatoms. The van der Waals surface area contributed by atoms with E-state index < -0.39 is 0 Å². The number of para-hydroxylation sites is 2. The molecule has 146 valence electrons. The summed E-state index contributed by atoms with van der Waals surface area (Å²) in [7, 11) is 0. The number of nitrogens with one attached hydrogen (secondary N) is 3. The third-order valence-corrected chi connectivity index (χ3v) is 5.50. The van der Waals surface area contributed by atoms with Crippen LogP contribution in [0, 0.1) is 0 Å². The number of nitrogens with zero attached hydrogens (tertiary/aromatic N) is 4. The normalized spacial score (nSPS) is 20.1. The minimum Gasteiger partial charge on any atom is -0.347 e. The molecule has 0 aliphatic carbocycles. The van der Waals surface area contributed by atoms with E-state index >= 15 is 0 Å². The van der Waals surface area contributed by atoms with E-state index in [2.05, 4.69) is 30.5 Å². The Balaban J connectivity index is 1.54. The first-order chi connectivity index (χ1) is 14.8. The summed E-state index contributed by atoms with van der Waals surface area (Å²) in [5, 5.41) is 9.85. The minimum atomic E-state index is -0.360. The van der Waals surface area contributed by atoms with Gasteiger partial charge in [0.15, 0.2) is 0 Å². The van der Waals surface area contributed by atoms with E-state index in [0.717, 1.165) is 22.2 Å². The van der Waals surface area contributed by atoms with Crippen molar-refractivity contribution in [3.05, 3.63) is 95.8 Å². The van der Waals surface area contributed by atoms with Gasteiger partial charge in [0.2, 0.25) is 5.95 Å². The smallest absolute Gasteiger partial charge is 0.255 e. The molecule has 3 aromatic heterocycles. The quantitative estimate of drug-likeness (QED) is 0.483. The molecule has 0 spiro atoms. The number of fused-ring (bicyclic) bond motifs is 3. The van der Waals surface area contributed by atoms with E-state index in [0.29, 0.717) is 17.3 Å². The van der Waals surface area contributed by atoms with Crippen molar-refractivity contribution in [2.45, 2.75) is 12.2 Å². The van der Waals surface area contributed by atoms with E-state index in [9.17, 15) is 4.79 Å². The summed E-state index contributed by atoms with van der Waals surface area (Å²) in [5.74, 6) is 1.21. The molecular formula is C22H17N7O. The highest BCUT2D eigenvalue weighted by molar-refractivity contribution is 5.99. The maximum atomic E-state index is 13.3. The molecule has 0 fully saturated rings. The Morgan fingerprint density at radius 2 is 1.53 bits per heavy atom. The van der Waals surface area contributed by atoms with Crippen molar-refractivity contribution in [3.8, 4) is 0 Å². The van der Waals surface area contributed by atoms with Crippen LogP contribution in [0.3, 0.4) is 0 Å². The lowest BCUT2D eigenvalue weighted by Gasteiger charge is -2.37. The number of benzene rings is 1. The summed E-state index contributed by atoms with van der Waals surface area (Å²) in [6.45, 7) is 0. The van der Waals surface area contributed by atoms with Crippen LogP contribution in [-0.4, -0.2) is 25.4 Å². The maximum Gasteiger partial charge on any atom is 0.255 e. The lowest BCUT2D eigenvalue weighted by atomic mass is 9.95. The van der Waals surface area contributed by atoms with Crippen molar-refractivity contribution < 1.29 is 4.79 Å². The molecule has 0 radical (unpaired) electrons. The highest BCUT2D eigenvalue weighted by atomic mass is 16.2. The largest absolute Gasteiger partial charge is 0.347 e. The summed E-state index contributed by atoms with van der Waals surface area (Å²) in [5.41, 5.74) is 4.32. The molecule has 0 bridgehead atoms. The molecule has 6 rings (SSSR count). The van der Waals surface area contributed by atoms with Crippen molar-refractivity contribution in [2.75, 3.05) is 5.32 Å². The van der Waals surface area contributed by atoms with E-state index in [-0.39, 0.29) is 18.1 Å². The Morgan fingerprint density at radius 3 is 2.30 bits per heavy atom. The zero-order chi connectivity index (χ0) is 20.1. The van der Waals surface area contributed by atoms with Gasteiger partial charge in [-0.05, 0) is 47.5 Å². The van der Waals surface area contributed by atoms with Gasteiger partial charge >= 0.3 is 0 Å². The second-order valence-corrected chi connectivity index (χ2v) is 7.22. The first-order valence-corrected chi connectivity index (χ1v) is 9.65. The fraction of sp³-hybridized carbons (Fsp3) is 0.0909. The first kappa shape index (κ1) is 16.7. The second-order valence-electron chi connectivity index (χ2n) is 7.22. The molecule has 2 aliphatic heterocycles. The van der Waals surface area contributed by atoms with Gasteiger partial charge in [-0.1, -0.05) is 12.1 Å². The molecule has 2 unspecified atom stereocenters. The fourth-order valence-corrected chi connectivity index (χ4v) is 4.16. The van der Waals surface area contributed by atoms with Gasteiger partial charge in [-0.3, -0.25) is 19.3 Å². The number of imidazole rings is 1. The van der Waals surface area contributed by atoms with Crippen molar-refractivity contribution in [1.29, 1.82) is 0 Å². The van der Waals surface area contributed by atoms with Crippen LogP contribution in [-0.2, 0) is 4.79 Å². The molecule has 3 N–H and O–H groups in total.